The first kappa shape index (κ1) is 17.0. The molecule has 0 saturated carbocycles. The predicted molar refractivity (Wildman–Crippen MR) is 78.9 cm³/mol. The zero-order valence-electron chi connectivity index (χ0n) is 12.5. The number of halogens is 3. The number of nitrogens with zero attached hydrogens (tertiary/aromatic N) is 4. The molecular formula is C14H9F3N4O3S. The van der Waals surface area contributed by atoms with Crippen LogP contribution in [0.25, 0.3) is 23.1 Å². The van der Waals surface area contributed by atoms with Crippen LogP contribution in [0.2, 0.25) is 0 Å². The molecule has 0 bridgehead atoms. The van der Waals surface area contributed by atoms with Gasteiger partial charge in [-0.3, -0.25) is 4.98 Å². The molecule has 0 atom stereocenters. The van der Waals surface area contributed by atoms with E-state index in [1.54, 1.807) is 0 Å². The van der Waals surface area contributed by atoms with Gasteiger partial charge in [0.25, 0.3) is 5.89 Å². The van der Waals surface area contributed by atoms with E-state index in [-0.39, 0.29) is 28.0 Å². The highest BCUT2D eigenvalue weighted by atomic mass is 32.2. The summed E-state index contributed by atoms with van der Waals surface area (Å²) in [6.45, 7) is 0. The molecule has 3 rings (SSSR count). The molecule has 0 saturated heterocycles. The summed E-state index contributed by atoms with van der Waals surface area (Å²) in [5.74, 6) is -0.0329. The number of hydrogen-bond acceptors (Lipinski definition) is 7. The van der Waals surface area contributed by atoms with Crippen LogP contribution in [0.1, 0.15) is 5.56 Å². The van der Waals surface area contributed by atoms with Crippen LogP contribution < -0.4 is 0 Å². The quantitative estimate of drug-likeness (QED) is 0.699. The molecular weight excluding hydrogens is 361 g/mol. The summed E-state index contributed by atoms with van der Waals surface area (Å²) >= 11 is 0. The van der Waals surface area contributed by atoms with Crippen molar-refractivity contribution in [2.45, 2.75) is 11.1 Å². The topological polar surface area (TPSA) is 98.8 Å². The molecule has 3 aromatic rings. The lowest BCUT2D eigenvalue weighted by Crippen LogP contribution is -2.05. The Morgan fingerprint density at radius 2 is 1.68 bits per heavy atom. The Balaban J connectivity index is 1.87. The second-order valence-electron chi connectivity index (χ2n) is 5.00. The zero-order chi connectivity index (χ0) is 18.2. The van der Waals surface area contributed by atoms with Gasteiger partial charge in [-0.25, -0.2) is 13.4 Å². The van der Waals surface area contributed by atoms with E-state index in [1.807, 2.05) is 0 Å². The summed E-state index contributed by atoms with van der Waals surface area (Å²) in [5.41, 5.74) is -0.577. The average molecular weight is 370 g/mol. The minimum atomic E-state index is -4.49. The van der Waals surface area contributed by atoms with E-state index in [9.17, 15) is 21.6 Å². The summed E-state index contributed by atoms with van der Waals surface area (Å²) in [4.78, 5) is 11.6. The third-order valence-electron chi connectivity index (χ3n) is 3.13. The molecule has 0 aliphatic carbocycles. The maximum atomic E-state index is 12.5. The van der Waals surface area contributed by atoms with Gasteiger partial charge in [-0.05, 0) is 24.3 Å². The Labute approximate surface area is 139 Å². The van der Waals surface area contributed by atoms with Crippen molar-refractivity contribution in [1.82, 2.24) is 20.1 Å². The number of aromatic nitrogens is 4. The number of alkyl halides is 3. The van der Waals surface area contributed by atoms with Crippen molar-refractivity contribution in [2.75, 3.05) is 6.26 Å². The zero-order valence-corrected chi connectivity index (χ0v) is 13.3. The lowest BCUT2D eigenvalue weighted by molar-refractivity contribution is -0.137. The maximum Gasteiger partial charge on any atom is 0.417 e. The SMILES string of the molecule is CS(=O)(=O)c1ccc(-c2nc(-c3ccc(C(F)(F)F)cn3)no2)nc1. The van der Waals surface area contributed by atoms with E-state index >= 15 is 0 Å². The van der Waals surface area contributed by atoms with E-state index in [1.165, 1.54) is 12.1 Å². The fraction of sp³-hybridized carbons (Fsp3) is 0.143. The van der Waals surface area contributed by atoms with Gasteiger partial charge in [-0.1, -0.05) is 5.16 Å². The first-order valence-electron chi connectivity index (χ1n) is 6.68. The van der Waals surface area contributed by atoms with Crippen LogP contribution in [0.15, 0.2) is 46.1 Å². The summed E-state index contributed by atoms with van der Waals surface area (Å²) in [5, 5.41) is 3.64. The van der Waals surface area contributed by atoms with Gasteiger partial charge < -0.3 is 4.52 Å². The minimum Gasteiger partial charge on any atom is -0.332 e. The summed E-state index contributed by atoms with van der Waals surface area (Å²) in [6, 6.07) is 4.70. The highest BCUT2D eigenvalue weighted by Gasteiger charge is 2.30. The van der Waals surface area contributed by atoms with Gasteiger partial charge in [0.05, 0.1) is 10.5 Å². The van der Waals surface area contributed by atoms with Crippen LogP contribution in [0, 0.1) is 0 Å². The molecule has 0 amide bonds. The molecule has 0 N–H and O–H groups in total. The monoisotopic (exact) mass is 370 g/mol. The molecule has 11 heteroatoms. The molecule has 0 radical (unpaired) electrons. The van der Waals surface area contributed by atoms with Crippen LogP contribution in [0.4, 0.5) is 13.2 Å². The Hall–Kier alpha value is -2.82. The number of hydrogen-bond donors (Lipinski definition) is 0. The Morgan fingerprint density at radius 1 is 1.00 bits per heavy atom. The lowest BCUT2D eigenvalue weighted by atomic mass is 10.2. The minimum absolute atomic E-state index is 0.0160. The van der Waals surface area contributed by atoms with Gasteiger partial charge in [0.1, 0.15) is 11.4 Å². The van der Waals surface area contributed by atoms with Crippen molar-refractivity contribution in [3.63, 3.8) is 0 Å². The summed E-state index contributed by atoms with van der Waals surface area (Å²) < 4.78 is 65.3. The Kier molecular flexibility index (Phi) is 4.03. The normalized spacial score (nSPS) is 12.3. The van der Waals surface area contributed by atoms with Gasteiger partial charge in [0.2, 0.25) is 5.82 Å². The third-order valence-corrected chi connectivity index (χ3v) is 4.23. The molecule has 0 spiro atoms. The van der Waals surface area contributed by atoms with E-state index in [0.29, 0.717) is 6.20 Å². The highest BCUT2D eigenvalue weighted by Crippen LogP contribution is 2.29. The molecule has 3 heterocycles. The second kappa shape index (κ2) is 5.92. The van der Waals surface area contributed by atoms with Crippen LogP contribution in [0.3, 0.4) is 0 Å². The van der Waals surface area contributed by atoms with Crippen molar-refractivity contribution in [2.24, 2.45) is 0 Å². The predicted octanol–water partition coefficient (Wildman–Crippen LogP) is 2.62. The fourth-order valence-electron chi connectivity index (χ4n) is 1.85. The number of pyridine rings is 2. The molecule has 0 fully saturated rings. The molecule has 0 aromatic carbocycles. The van der Waals surface area contributed by atoms with Crippen LogP contribution in [-0.2, 0) is 16.0 Å². The molecule has 0 aliphatic rings. The summed E-state index contributed by atoms with van der Waals surface area (Å²) in [6.07, 6.45) is -1.63. The highest BCUT2D eigenvalue weighted by molar-refractivity contribution is 7.90. The second-order valence-corrected chi connectivity index (χ2v) is 7.02. The molecule has 7 nitrogen and oxygen atoms in total. The van der Waals surface area contributed by atoms with Crippen LogP contribution in [0.5, 0.6) is 0 Å². The molecule has 0 unspecified atom stereocenters. The average Bonchev–Trinajstić information content (AvgIpc) is 3.03. The largest absolute Gasteiger partial charge is 0.417 e. The fourth-order valence-corrected chi connectivity index (χ4v) is 2.41. The van der Waals surface area contributed by atoms with Crippen LogP contribution >= 0.6 is 0 Å². The van der Waals surface area contributed by atoms with Gasteiger partial charge in [-0.2, -0.15) is 18.2 Å². The van der Waals surface area contributed by atoms with Gasteiger partial charge in [-0.15, -0.1) is 0 Å². The first-order valence-corrected chi connectivity index (χ1v) is 8.57. The molecule has 25 heavy (non-hydrogen) atoms. The van der Waals surface area contributed by atoms with Crippen LogP contribution in [-0.4, -0.2) is 34.8 Å². The Bertz CT molecular complexity index is 997. The van der Waals surface area contributed by atoms with Gasteiger partial charge in [0.15, 0.2) is 9.84 Å². The van der Waals surface area contributed by atoms with E-state index < -0.39 is 21.6 Å². The molecule has 0 aliphatic heterocycles. The smallest absolute Gasteiger partial charge is 0.332 e. The molecule has 3 aromatic heterocycles. The van der Waals surface area contributed by atoms with E-state index in [0.717, 1.165) is 24.6 Å². The van der Waals surface area contributed by atoms with Gasteiger partial charge >= 0.3 is 6.18 Å². The standard InChI is InChI=1S/C14H9F3N4O3S/c1-25(22,23)9-3-5-11(19-7-9)13-20-12(21-24-13)10-4-2-8(6-18-10)14(15,16)17/h2-7H,1H3. The number of sulfone groups is 1. The maximum absolute atomic E-state index is 12.5. The number of rotatable bonds is 3. The van der Waals surface area contributed by atoms with Crippen molar-refractivity contribution >= 4 is 9.84 Å². The van der Waals surface area contributed by atoms with E-state index in [2.05, 4.69) is 20.1 Å². The van der Waals surface area contributed by atoms with Crippen molar-refractivity contribution in [3.8, 4) is 23.1 Å². The lowest BCUT2D eigenvalue weighted by Gasteiger charge is -2.05. The van der Waals surface area contributed by atoms with Gasteiger partial charge in [0, 0.05) is 18.6 Å². The molecule has 130 valence electrons. The van der Waals surface area contributed by atoms with E-state index in [4.69, 9.17) is 4.52 Å². The van der Waals surface area contributed by atoms with Crippen molar-refractivity contribution in [3.05, 3.63) is 42.2 Å². The third kappa shape index (κ3) is 3.65. The summed E-state index contributed by atoms with van der Waals surface area (Å²) in [7, 11) is -3.39. The van der Waals surface area contributed by atoms with Crippen molar-refractivity contribution < 1.29 is 26.1 Å². The Morgan fingerprint density at radius 3 is 2.20 bits per heavy atom. The first-order chi connectivity index (χ1) is 11.6. The van der Waals surface area contributed by atoms with Crippen molar-refractivity contribution in [1.29, 1.82) is 0 Å².